The summed E-state index contributed by atoms with van der Waals surface area (Å²) >= 11 is 1.83. The maximum atomic E-state index is 6.66. The molecule has 49 heavy (non-hydrogen) atoms. The fourth-order valence-electron chi connectivity index (χ4n) is 7.79. The minimum Gasteiger partial charge on any atom is -0.457 e. The predicted octanol–water partition coefficient (Wildman–Crippen LogP) is 10.9. The Hall–Kier alpha value is -5.78. The van der Waals surface area contributed by atoms with Crippen LogP contribution < -0.4 is 4.74 Å². The highest BCUT2D eigenvalue weighted by Crippen LogP contribution is 2.62. The zero-order valence-corrected chi connectivity index (χ0v) is 27.3. The van der Waals surface area contributed by atoms with E-state index in [0.29, 0.717) is 11.6 Å². The smallest absolute Gasteiger partial charge is 0.163 e. The van der Waals surface area contributed by atoms with Gasteiger partial charge in [0.1, 0.15) is 17.3 Å². The molecule has 1 atom stereocenters. The second kappa shape index (κ2) is 11.1. The summed E-state index contributed by atoms with van der Waals surface area (Å²) in [4.78, 5) is 16.2. The predicted molar refractivity (Wildman–Crippen MR) is 197 cm³/mol. The van der Waals surface area contributed by atoms with Crippen molar-refractivity contribution in [1.82, 2.24) is 15.0 Å². The van der Waals surface area contributed by atoms with Crippen molar-refractivity contribution < 1.29 is 4.74 Å². The Labute approximate surface area is 289 Å². The van der Waals surface area contributed by atoms with Crippen LogP contribution in [-0.2, 0) is 5.41 Å². The molecule has 232 valence electrons. The number of allylic oxidation sites excluding steroid dienone is 1. The average molecular weight is 648 g/mol. The maximum Gasteiger partial charge on any atom is 0.163 e. The van der Waals surface area contributed by atoms with Crippen LogP contribution in [0.3, 0.4) is 0 Å². The summed E-state index contributed by atoms with van der Waals surface area (Å²) in [5.41, 5.74) is 10.1. The summed E-state index contributed by atoms with van der Waals surface area (Å²) in [5.74, 6) is 4.00. The van der Waals surface area contributed by atoms with Crippen LogP contribution in [0.25, 0.3) is 38.8 Å². The first-order valence-electron chi connectivity index (χ1n) is 16.6. The monoisotopic (exact) mass is 647 g/mol. The van der Waals surface area contributed by atoms with E-state index in [-0.39, 0.29) is 5.25 Å². The van der Waals surface area contributed by atoms with Crippen LogP contribution >= 0.6 is 11.8 Å². The van der Waals surface area contributed by atoms with Crippen molar-refractivity contribution in [3.05, 3.63) is 191 Å². The number of fused-ring (bicyclic) bond motifs is 9. The molecule has 3 aliphatic rings. The van der Waals surface area contributed by atoms with E-state index in [0.717, 1.165) is 34.9 Å². The molecule has 0 fully saturated rings. The van der Waals surface area contributed by atoms with Crippen molar-refractivity contribution in [3.63, 3.8) is 0 Å². The lowest BCUT2D eigenvalue weighted by Crippen LogP contribution is -2.32. The number of aromatic nitrogens is 3. The lowest BCUT2D eigenvalue weighted by atomic mass is 9.66. The summed E-state index contributed by atoms with van der Waals surface area (Å²) in [6.07, 6.45) is 3.17. The van der Waals surface area contributed by atoms with E-state index in [1.165, 1.54) is 43.8 Å². The van der Waals surface area contributed by atoms with Crippen molar-refractivity contribution in [2.24, 2.45) is 0 Å². The van der Waals surface area contributed by atoms with E-state index in [1.807, 2.05) is 48.2 Å². The van der Waals surface area contributed by atoms with Crippen molar-refractivity contribution in [1.29, 1.82) is 0 Å². The summed E-state index contributed by atoms with van der Waals surface area (Å²) in [7, 11) is 0. The molecule has 5 heteroatoms. The molecule has 0 N–H and O–H groups in total. The fourth-order valence-corrected chi connectivity index (χ4v) is 8.95. The molecule has 0 amide bonds. The highest BCUT2D eigenvalue weighted by atomic mass is 32.2. The molecule has 1 aromatic heterocycles. The minimum atomic E-state index is -0.486. The van der Waals surface area contributed by atoms with Crippen LogP contribution in [-0.4, -0.2) is 15.0 Å². The molecule has 3 heterocycles. The first kappa shape index (κ1) is 28.3. The first-order valence-corrected chi connectivity index (χ1v) is 17.5. The van der Waals surface area contributed by atoms with Crippen LogP contribution in [0.1, 0.15) is 45.3 Å². The molecule has 1 spiro atoms. The molecule has 7 aromatic rings. The quantitative estimate of drug-likeness (QED) is 0.190. The number of hydrogen-bond acceptors (Lipinski definition) is 5. The van der Waals surface area contributed by atoms with Gasteiger partial charge in [-0.25, -0.2) is 15.0 Å². The molecule has 0 radical (unpaired) electrons. The Morgan fingerprint density at radius 2 is 1.06 bits per heavy atom. The standard InChI is InChI=1S/C44H29N3OS/c1-3-13-28(14-4-1)41-45-42(29-15-5-2-6-16-29)47-43(46-41)40-26-25-39(49-40)30-23-24-38-36(27-30)44(35-21-11-12-22-37(35)48-38)33-19-9-7-17-31(33)32-18-8-10-20-34(32)44/h1-25,27,40H,26H2. The topological polar surface area (TPSA) is 47.9 Å². The third-order valence-electron chi connectivity index (χ3n) is 9.92. The van der Waals surface area contributed by atoms with Gasteiger partial charge in [-0.3, -0.25) is 0 Å². The number of nitrogens with zero attached hydrogens (tertiary/aromatic N) is 3. The lowest BCUT2D eigenvalue weighted by Gasteiger charge is -2.39. The van der Waals surface area contributed by atoms with E-state index in [9.17, 15) is 0 Å². The van der Waals surface area contributed by atoms with Crippen molar-refractivity contribution >= 4 is 16.7 Å². The Bertz CT molecular complexity index is 2340. The molecule has 1 unspecified atom stereocenters. The van der Waals surface area contributed by atoms with Gasteiger partial charge in [-0.1, -0.05) is 140 Å². The molecular weight excluding hydrogens is 619 g/mol. The maximum absolute atomic E-state index is 6.66. The largest absolute Gasteiger partial charge is 0.457 e. The molecular formula is C44H29N3OS. The van der Waals surface area contributed by atoms with E-state index >= 15 is 0 Å². The average Bonchev–Trinajstić information content (AvgIpc) is 3.79. The SMILES string of the molecule is C1=C(c2ccc3c(c2)C2(c4ccccc4O3)c3ccccc3-c3ccccc32)SC(c2nc(-c3ccccc3)nc(-c3ccccc3)n2)C1. The Morgan fingerprint density at radius 1 is 0.510 bits per heavy atom. The fraction of sp³-hybridized carbons (Fsp3) is 0.0682. The van der Waals surface area contributed by atoms with Gasteiger partial charge < -0.3 is 4.74 Å². The molecule has 2 aliphatic heterocycles. The van der Waals surface area contributed by atoms with Crippen LogP contribution in [0, 0.1) is 0 Å². The molecule has 1 aliphatic carbocycles. The van der Waals surface area contributed by atoms with E-state index in [2.05, 4.69) is 121 Å². The van der Waals surface area contributed by atoms with Gasteiger partial charge in [0.05, 0.1) is 10.7 Å². The van der Waals surface area contributed by atoms with Gasteiger partial charge in [0.2, 0.25) is 0 Å². The van der Waals surface area contributed by atoms with Gasteiger partial charge in [-0.15, -0.1) is 11.8 Å². The van der Waals surface area contributed by atoms with Gasteiger partial charge in [-0.05, 0) is 52.4 Å². The number of benzene rings is 6. The summed E-state index contributed by atoms with van der Waals surface area (Å²) in [6.45, 7) is 0. The number of ether oxygens (including phenoxy) is 1. The van der Waals surface area contributed by atoms with Crippen LogP contribution in [0.2, 0.25) is 0 Å². The zero-order chi connectivity index (χ0) is 32.4. The molecule has 0 bridgehead atoms. The number of hydrogen-bond donors (Lipinski definition) is 0. The van der Waals surface area contributed by atoms with Crippen LogP contribution in [0.15, 0.2) is 158 Å². The van der Waals surface area contributed by atoms with E-state index in [4.69, 9.17) is 19.7 Å². The number of rotatable bonds is 4. The Kier molecular flexibility index (Phi) is 6.43. The minimum absolute atomic E-state index is 0.0674. The van der Waals surface area contributed by atoms with Gasteiger partial charge in [0.15, 0.2) is 11.6 Å². The van der Waals surface area contributed by atoms with Crippen molar-refractivity contribution in [3.8, 4) is 45.4 Å². The molecule has 6 aromatic carbocycles. The van der Waals surface area contributed by atoms with E-state index in [1.54, 1.807) is 0 Å². The Morgan fingerprint density at radius 3 is 1.71 bits per heavy atom. The van der Waals surface area contributed by atoms with Crippen molar-refractivity contribution in [2.45, 2.75) is 17.1 Å². The highest BCUT2D eigenvalue weighted by Gasteiger charge is 2.51. The van der Waals surface area contributed by atoms with Gasteiger partial charge in [0.25, 0.3) is 0 Å². The Balaban J connectivity index is 1.08. The van der Waals surface area contributed by atoms with E-state index < -0.39 is 5.41 Å². The summed E-state index contributed by atoms with van der Waals surface area (Å²) in [5, 5.41) is 0.0674. The van der Waals surface area contributed by atoms with Crippen LogP contribution in [0.4, 0.5) is 0 Å². The lowest BCUT2D eigenvalue weighted by molar-refractivity contribution is 0.436. The normalized spacial score (nSPS) is 16.2. The zero-order valence-electron chi connectivity index (χ0n) is 26.5. The van der Waals surface area contributed by atoms with Gasteiger partial charge in [0, 0.05) is 27.2 Å². The molecule has 0 saturated carbocycles. The van der Waals surface area contributed by atoms with Crippen LogP contribution in [0.5, 0.6) is 11.5 Å². The third-order valence-corrected chi connectivity index (χ3v) is 11.3. The molecule has 4 nitrogen and oxygen atoms in total. The van der Waals surface area contributed by atoms with Crippen molar-refractivity contribution in [2.75, 3.05) is 0 Å². The summed E-state index contributed by atoms with van der Waals surface area (Å²) < 4.78 is 6.66. The number of para-hydroxylation sites is 1. The first-order chi connectivity index (χ1) is 24.3. The molecule has 0 saturated heterocycles. The highest BCUT2D eigenvalue weighted by molar-refractivity contribution is 8.08. The second-order valence-corrected chi connectivity index (χ2v) is 13.9. The van der Waals surface area contributed by atoms with Gasteiger partial charge >= 0.3 is 0 Å². The summed E-state index contributed by atoms with van der Waals surface area (Å²) in [6, 6.07) is 53.3. The third kappa shape index (κ3) is 4.36. The molecule has 10 rings (SSSR count). The number of thioether (sulfide) groups is 1. The second-order valence-electron chi connectivity index (χ2n) is 12.6. The van der Waals surface area contributed by atoms with Gasteiger partial charge in [-0.2, -0.15) is 0 Å².